The third kappa shape index (κ3) is 1.42. The maximum atomic E-state index is 13.6. The Morgan fingerprint density at radius 2 is 2.13 bits per heavy atom. The second-order valence-corrected chi connectivity index (χ2v) is 4.31. The maximum absolute atomic E-state index is 13.6. The zero-order chi connectivity index (χ0) is 10.3. The summed E-state index contributed by atoms with van der Waals surface area (Å²) in [6.45, 7) is 2.24. The summed E-state index contributed by atoms with van der Waals surface area (Å²) in [5.41, 5.74) is 2.59. The van der Waals surface area contributed by atoms with Gasteiger partial charge in [-0.3, -0.25) is 0 Å². The number of hydrogen-bond acceptors (Lipinski definition) is 2. The van der Waals surface area contributed by atoms with Gasteiger partial charge in [-0.25, -0.2) is 4.39 Å². The highest BCUT2D eigenvalue weighted by Gasteiger charge is 2.34. The van der Waals surface area contributed by atoms with Crippen molar-refractivity contribution in [1.29, 1.82) is 0 Å². The van der Waals surface area contributed by atoms with Crippen LogP contribution in [0.15, 0.2) is 24.3 Å². The first kappa shape index (κ1) is 9.16. The lowest BCUT2D eigenvalue weighted by Crippen LogP contribution is -2.40. The zero-order valence-electron chi connectivity index (χ0n) is 8.62. The van der Waals surface area contributed by atoms with Gasteiger partial charge in [0.2, 0.25) is 0 Å². The van der Waals surface area contributed by atoms with Crippen LogP contribution in [0.2, 0.25) is 0 Å². The fourth-order valence-electron chi connectivity index (χ4n) is 2.65. The van der Waals surface area contributed by atoms with E-state index < -0.39 is 6.17 Å². The minimum atomic E-state index is -0.726. The molecule has 2 heterocycles. The third-order valence-electron chi connectivity index (χ3n) is 3.43. The lowest BCUT2D eigenvalue weighted by atomic mass is 10.1. The molecule has 3 rings (SSSR count). The van der Waals surface area contributed by atoms with E-state index in [9.17, 15) is 4.39 Å². The number of fused-ring (bicyclic) bond motifs is 1. The molecule has 1 N–H and O–H groups in total. The van der Waals surface area contributed by atoms with Gasteiger partial charge in [0.05, 0.1) is 6.04 Å². The SMILES string of the molecule is F[C@@H]1CNC[C@@H]1N1CCc2ccccc21. The van der Waals surface area contributed by atoms with Gasteiger partial charge in [0.15, 0.2) is 0 Å². The van der Waals surface area contributed by atoms with Gasteiger partial charge in [-0.15, -0.1) is 0 Å². The summed E-state index contributed by atoms with van der Waals surface area (Å²) in [5.74, 6) is 0. The van der Waals surface area contributed by atoms with Gasteiger partial charge in [0, 0.05) is 25.3 Å². The molecule has 0 bridgehead atoms. The number of rotatable bonds is 1. The van der Waals surface area contributed by atoms with Crippen molar-refractivity contribution in [3.05, 3.63) is 29.8 Å². The van der Waals surface area contributed by atoms with Crippen molar-refractivity contribution in [2.24, 2.45) is 0 Å². The van der Waals surface area contributed by atoms with Crippen molar-refractivity contribution in [1.82, 2.24) is 5.32 Å². The van der Waals surface area contributed by atoms with Gasteiger partial charge in [-0.2, -0.15) is 0 Å². The van der Waals surface area contributed by atoms with E-state index in [0.717, 1.165) is 19.5 Å². The van der Waals surface area contributed by atoms with Crippen molar-refractivity contribution in [2.45, 2.75) is 18.6 Å². The Hall–Kier alpha value is -1.09. The minimum absolute atomic E-state index is 0.0358. The first-order valence-electron chi connectivity index (χ1n) is 5.55. The monoisotopic (exact) mass is 206 g/mol. The van der Waals surface area contributed by atoms with Gasteiger partial charge >= 0.3 is 0 Å². The molecule has 0 unspecified atom stereocenters. The highest BCUT2D eigenvalue weighted by atomic mass is 19.1. The molecule has 0 amide bonds. The molecule has 3 heteroatoms. The van der Waals surface area contributed by atoms with Crippen LogP contribution < -0.4 is 10.2 Å². The summed E-state index contributed by atoms with van der Waals surface area (Å²) in [4.78, 5) is 2.22. The zero-order valence-corrected chi connectivity index (χ0v) is 8.62. The molecule has 2 atom stereocenters. The molecule has 15 heavy (non-hydrogen) atoms. The Kier molecular flexibility index (Phi) is 2.13. The molecule has 2 nitrogen and oxygen atoms in total. The summed E-state index contributed by atoms with van der Waals surface area (Å²) in [7, 11) is 0. The second kappa shape index (κ2) is 3.49. The van der Waals surface area contributed by atoms with Gasteiger partial charge in [0.25, 0.3) is 0 Å². The predicted octanol–water partition coefficient (Wildman–Crippen LogP) is 1.36. The molecule has 1 aromatic carbocycles. The molecule has 2 aliphatic rings. The normalized spacial score (nSPS) is 29.5. The predicted molar refractivity (Wildman–Crippen MR) is 59.0 cm³/mol. The number of benzene rings is 1. The highest BCUT2D eigenvalue weighted by Crippen LogP contribution is 2.31. The van der Waals surface area contributed by atoms with Crippen molar-refractivity contribution in [2.75, 3.05) is 24.5 Å². The summed E-state index contributed by atoms with van der Waals surface area (Å²) in [6, 6.07) is 8.38. The van der Waals surface area contributed by atoms with Crippen LogP contribution in [-0.2, 0) is 6.42 Å². The molecular formula is C12H15FN2. The lowest BCUT2D eigenvalue weighted by Gasteiger charge is -2.27. The lowest BCUT2D eigenvalue weighted by molar-refractivity contribution is 0.323. The van der Waals surface area contributed by atoms with E-state index in [1.807, 2.05) is 6.07 Å². The number of anilines is 1. The van der Waals surface area contributed by atoms with Crippen LogP contribution in [0.5, 0.6) is 0 Å². The molecule has 1 fully saturated rings. The number of alkyl halides is 1. The molecule has 2 aliphatic heterocycles. The van der Waals surface area contributed by atoms with Gasteiger partial charge < -0.3 is 10.2 Å². The quantitative estimate of drug-likeness (QED) is 0.746. The van der Waals surface area contributed by atoms with E-state index in [2.05, 4.69) is 28.4 Å². The van der Waals surface area contributed by atoms with E-state index in [0.29, 0.717) is 6.54 Å². The molecule has 0 radical (unpaired) electrons. The van der Waals surface area contributed by atoms with E-state index in [-0.39, 0.29) is 6.04 Å². The van der Waals surface area contributed by atoms with Crippen LogP contribution in [0.1, 0.15) is 5.56 Å². The Balaban J connectivity index is 1.90. The molecule has 1 saturated heterocycles. The van der Waals surface area contributed by atoms with Crippen LogP contribution in [0, 0.1) is 0 Å². The Morgan fingerprint density at radius 3 is 2.93 bits per heavy atom. The standard InChI is InChI=1S/C12H15FN2/c13-10-7-14-8-12(10)15-6-5-9-3-1-2-4-11(9)15/h1-4,10,12,14H,5-8H2/t10-,12+/m1/s1. The fraction of sp³-hybridized carbons (Fsp3) is 0.500. The second-order valence-electron chi connectivity index (χ2n) is 4.31. The van der Waals surface area contributed by atoms with Crippen LogP contribution >= 0.6 is 0 Å². The number of halogens is 1. The van der Waals surface area contributed by atoms with Crippen molar-refractivity contribution in [3.8, 4) is 0 Å². The average Bonchev–Trinajstić information content (AvgIpc) is 2.83. The molecule has 0 saturated carbocycles. The molecule has 0 aliphatic carbocycles. The van der Waals surface area contributed by atoms with E-state index in [1.54, 1.807) is 0 Å². The third-order valence-corrected chi connectivity index (χ3v) is 3.43. The number of nitrogens with one attached hydrogen (secondary N) is 1. The highest BCUT2D eigenvalue weighted by molar-refractivity contribution is 5.59. The Morgan fingerprint density at radius 1 is 1.27 bits per heavy atom. The fourth-order valence-corrected chi connectivity index (χ4v) is 2.65. The molecule has 0 aromatic heterocycles. The van der Waals surface area contributed by atoms with E-state index in [4.69, 9.17) is 0 Å². The van der Waals surface area contributed by atoms with Crippen molar-refractivity contribution in [3.63, 3.8) is 0 Å². The summed E-state index contributed by atoms with van der Waals surface area (Å²) in [6.07, 6.45) is 0.329. The molecule has 80 valence electrons. The van der Waals surface area contributed by atoms with E-state index >= 15 is 0 Å². The number of para-hydroxylation sites is 1. The van der Waals surface area contributed by atoms with Crippen LogP contribution in [0.3, 0.4) is 0 Å². The minimum Gasteiger partial charge on any atom is -0.364 e. The average molecular weight is 206 g/mol. The Bertz CT molecular complexity index is 366. The van der Waals surface area contributed by atoms with Crippen molar-refractivity contribution < 1.29 is 4.39 Å². The van der Waals surface area contributed by atoms with Crippen LogP contribution in [0.25, 0.3) is 0 Å². The van der Waals surface area contributed by atoms with E-state index in [1.165, 1.54) is 11.3 Å². The summed E-state index contributed by atoms with van der Waals surface area (Å²) in [5, 5.41) is 3.11. The first-order chi connectivity index (χ1) is 7.36. The summed E-state index contributed by atoms with van der Waals surface area (Å²) < 4.78 is 13.6. The molecule has 0 spiro atoms. The van der Waals surface area contributed by atoms with Crippen molar-refractivity contribution >= 4 is 5.69 Å². The maximum Gasteiger partial charge on any atom is 0.134 e. The smallest absolute Gasteiger partial charge is 0.134 e. The topological polar surface area (TPSA) is 15.3 Å². The van der Waals surface area contributed by atoms with Crippen LogP contribution in [0.4, 0.5) is 10.1 Å². The molecule has 1 aromatic rings. The number of nitrogens with zero attached hydrogens (tertiary/aromatic N) is 1. The van der Waals surface area contributed by atoms with Crippen LogP contribution in [-0.4, -0.2) is 31.8 Å². The molecular weight excluding hydrogens is 191 g/mol. The number of hydrogen-bond donors (Lipinski definition) is 1. The van der Waals surface area contributed by atoms with Gasteiger partial charge in [-0.1, -0.05) is 18.2 Å². The summed E-state index contributed by atoms with van der Waals surface area (Å²) >= 11 is 0. The Labute approximate surface area is 89.1 Å². The van der Waals surface area contributed by atoms with Gasteiger partial charge in [0.1, 0.15) is 6.17 Å². The largest absolute Gasteiger partial charge is 0.364 e. The van der Waals surface area contributed by atoms with Gasteiger partial charge in [-0.05, 0) is 18.1 Å². The first-order valence-corrected chi connectivity index (χ1v) is 5.55.